The topological polar surface area (TPSA) is 29.1 Å². The Balaban J connectivity index is 2.52. The van der Waals surface area contributed by atoms with Crippen LogP contribution in [-0.2, 0) is 4.79 Å². The van der Waals surface area contributed by atoms with Crippen LogP contribution in [0.1, 0.15) is 24.9 Å². The minimum atomic E-state index is -4.46. The van der Waals surface area contributed by atoms with Crippen molar-refractivity contribution >= 4 is 5.91 Å². The van der Waals surface area contributed by atoms with Gasteiger partial charge in [-0.05, 0) is 12.5 Å². The van der Waals surface area contributed by atoms with Gasteiger partial charge in [-0.25, -0.2) is 0 Å². The molecule has 0 saturated heterocycles. The SMILES string of the molecule is C[C@H](NC(=O)CC(F)(F)F)c1ccccc1. The van der Waals surface area contributed by atoms with Crippen molar-refractivity contribution in [1.29, 1.82) is 0 Å². The van der Waals surface area contributed by atoms with Crippen LogP contribution in [0.15, 0.2) is 30.3 Å². The number of alkyl halides is 3. The van der Waals surface area contributed by atoms with Crippen LogP contribution in [-0.4, -0.2) is 12.1 Å². The Morgan fingerprint density at radius 3 is 2.38 bits per heavy atom. The van der Waals surface area contributed by atoms with E-state index in [0.717, 1.165) is 5.56 Å². The minimum absolute atomic E-state index is 0.420. The number of carbonyl (C=O) groups is 1. The zero-order chi connectivity index (χ0) is 12.2. The maximum Gasteiger partial charge on any atom is 0.397 e. The number of carbonyl (C=O) groups excluding carboxylic acids is 1. The van der Waals surface area contributed by atoms with E-state index in [2.05, 4.69) is 5.32 Å². The highest BCUT2D eigenvalue weighted by Gasteiger charge is 2.31. The van der Waals surface area contributed by atoms with Gasteiger partial charge in [0.2, 0.25) is 5.91 Å². The van der Waals surface area contributed by atoms with Crippen molar-refractivity contribution in [1.82, 2.24) is 5.32 Å². The number of amides is 1. The Hall–Kier alpha value is -1.52. The second-order valence-corrected chi connectivity index (χ2v) is 3.49. The fourth-order valence-corrected chi connectivity index (χ4v) is 1.30. The molecule has 1 N–H and O–H groups in total. The summed E-state index contributed by atoms with van der Waals surface area (Å²) >= 11 is 0. The monoisotopic (exact) mass is 231 g/mol. The van der Waals surface area contributed by atoms with Crippen molar-refractivity contribution in [3.8, 4) is 0 Å². The molecule has 0 heterocycles. The second kappa shape index (κ2) is 5.01. The van der Waals surface area contributed by atoms with E-state index >= 15 is 0 Å². The highest BCUT2D eigenvalue weighted by Crippen LogP contribution is 2.20. The van der Waals surface area contributed by atoms with Crippen LogP contribution in [0.25, 0.3) is 0 Å². The third-order valence-corrected chi connectivity index (χ3v) is 2.04. The van der Waals surface area contributed by atoms with Crippen molar-refractivity contribution in [2.24, 2.45) is 0 Å². The molecule has 0 aromatic heterocycles. The molecule has 0 aliphatic heterocycles. The number of hydrogen-bond donors (Lipinski definition) is 1. The molecule has 0 saturated carbocycles. The van der Waals surface area contributed by atoms with Gasteiger partial charge in [0.1, 0.15) is 6.42 Å². The third kappa shape index (κ3) is 4.33. The zero-order valence-corrected chi connectivity index (χ0v) is 8.71. The molecule has 2 nitrogen and oxygen atoms in total. The van der Waals surface area contributed by atoms with E-state index in [1.165, 1.54) is 0 Å². The van der Waals surface area contributed by atoms with Crippen molar-refractivity contribution in [3.05, 3.63) is 35.9 Å². The summed E-state index contributed by atoms with van der Waals surface area (Å²) in [6, 6.07) is 8.41. The lowest BCUT2D eigenvalue weighted by molar-refractivity contribution is -0.154. The molecule has 16 heavy (non-hydrogen) atoms. The summed E-state index contributed by atoms with van der Waals surface area (Å²) in [7, 11) is 0. The van der Waals surface area contributed by atoms with Gasteiger partial charge < -0.3 is 5.32 Å². The smallest absolute Gasteiger partial charge is 0.349 e. The molecule has 88 valence electrons. The third-order valence-electron chi connectivity index (χ3n) is 2.04. The summed E-state index contributed by atoms with van der Waals surface area (Å²) in [6.45, 7) is 1.64. The van der Waals surface area contributed by atoms with Crippen molar-refractivity contribution in [3.63, 3.8) is 0 Å². The van der Waals surface area contributed by atoms with E-state index in [9.17, 15) is 18.0 Å². The Labute approximate surface area is 91.5 Å². The average Bonchev–Trinajstić information content (AvgIpc) is 2.16. The lowest BCUT2D eigenvalue weighted by atomic mass is 10.1. The molecule has 0 bridgehead atoms. The molecular weight excluding hydrogens is 219 g/mol. The Bertz CT molecular complexity index is 348. The maximum absolute atomic E-state index is 11.9. The maximum atomic E-state index is 11.9. The summed E-state index contributed by atoms with van der Waals surface area (Å²) < 4.78 is 35.7. The van der Waals surface area contributed by atoms with Crippen LogP contribution in [0.4, 0.5) is 13.2 Å². The Morgan fingerprint density at radius 1 is 1.31 bits per heavy atom. The molecule has 0 aliphatic rings. The zero-order valence-electron chi connectivity index (χ0n) is 8.71. The number of rotatable bonds is 3. The van der Waals surface area contributed by atoms with Gasteiger partial charge in [-0.1, -0.05) is 30.3 Å². The first kappa shape index (κ1) is 12.5. The van der Waals surface area contributed by atoms with Gasteiger partial charge >= 0.3 is 6.18 Å². The van der Waals surface area contributed by atoms with Crippen molar-refractivity contribution < 1.29 is 18.0 Å². The van der Waals surface area contributed by atoms with Gasteiger partial charge in [0.25, 0.3) is 0 Å². The lowest BCUT2D eigenvalue weighted by Crippen LogP contribution is -2.30. The molecule has 0 spiro atoms. The lowest BCUT2D eigenvalue weighted by Gasteiger charge is -2.14. The van der Waals surface area contributed by atoms with E-state index in [4.69, 9.17) is 0 Å². The van der Waals surface area contributed by atoms with Crippen LogP contribution >= 0.6 is 0 Å². The van der Waals surface area contributed by atoms with E-state index in [0.29, 0.717) is 0 Å². The number of nitrogens with one attached hydrogen (secondary N) is 1. The van der Waals surface area contributed by atoms with Crippen LogP contribution in [0.2, 0.25) is 0 Å². The van der Waals surface area contributed by atoms with Crippen molar-refractivity contribution in [2.75, 3.05) is 0 Å². The van der Waals surface area contributed by atoms with Crippen LogP contribution in [0.3, 0.4) is 0 Å². The van der Waals surface area contributed by atoms with E-state index < -0.39 is 24.5 Å². The van der Waals surface area contributed by atoms with Gasteiger partial charge in [0.05, 0.1) is 6.04 Å². The number of hydrogen-bond acceptors (Lipinski definition) is 1. The normalized spacial score (nSPS) is 13.2. The molecule has 1 rings (SSSR count). The summed E-state index contributed by atoms with van der Waals surface area (Å²) in [5, 5.41) is 2.29. The van der Waals surface area contributed by atoms with Gasteiger partial charge in [-0.2, -0.15) is 13.2 Å². The largest absolute Gasteiger partial charge is 0.397 e. The molecule has 1 aromatic rings. The highest BCUT2D eigenvalue weighted by molar-refractivity contribution is 5.77. The predicted octanol–water partition coefficient (Wildman–Crippen LogP) is 2.82. The second-order valence-electron chi connectivity index (χ2n) is 3.49. The number of halogens is 3. The van der Waals surface area contributed by atoms with Crippen LogP contribution in [0.5, 0.6) is 0 Å². The molecule has 1 atom stereocenters. The standard InChI is InChI=1S/C11H12F3NO/c1-8(9-5-3-2-4-6-9)15-10(16)7-11(12,13)14/h2-6,8H,7H2,1H3,(H,15,16)/t8-/m0/s1. The fourth-order valence-electron chi connectivity index (χ4n) is 1.30. The summed E-state index contributed by atoms with van der Waals surface area (Å²) in [6.07, 6.45) is -5.90. The molecule has 5 heteroatoms. The Morgan fingerprint density at radius 2 is 1.88 bits per heavy atom. The first-order valence-corrected chi connectivity index (χ1v) is 4.79. The summed E-state index contributed by atoms with van der Waals surface area (Å²) in [5.41, 5.74) is 0.776. The minimum Gasteiger partial charge on any atom is -0.349 e. The predicted molar refractivity (Wildman–Crippen MR) is 53.7 cm³/mol. The molecule has 0 unspecified atom stereocenters. The fraction of sp³-hybridized carbons (Fsp3) is 0.364. The molecule has 1 aromatic carbocycles. The van der Waals surface area contributed by atoms with E-state index in [1.807, 2.05) is 0 Å². The summed E-state index contributed by atoms with van der Waals surface area (Å²) in [5.74, 6) is -1.01. The van der Waals surface area contributed by atoms with Crippen molar-refractivity contribution in [2.45, 2.75) is 25.6 Å². The molecule has 0 radical (unpaired) electrons. The average molecular weight is 231 g/mol. The van der Waals surface area contributed by atoms with Crippen LogP contribution in [0, 0.1) is 0 Å². The highest BCUT2D eigenvalue weighted by atomic mass is 19.4. The number of benzene rings is 1. The first-order chi connectivity index (χ1) is 7.38. The molecule has 1 amide bonds. The van der Waals surface area contributed by atoms with Gasteiger partial charge in [-0.3, -0.25) is 4.79 Å². The van der Waals surface area contributed by atoms with Gasteiger partial charge in [0, 0.05) is 0 Å². The van der Waals surface area contributed by atoms with E-state index in [-0.39, 0.29) is 0 Å². The quantitative estimate of drug-likeness (QED) is 0.851. The molecular formula is C11H12F3NO. The molecule has 0 aliphatic carbocycles. The first-order valence-electron chi connectivity index (χ1n) is 4.79. The van der Waals surface area contributed by atoms with Crippen LogP contribution < -0.4 is 5.32 Å². The Kier molecular flexibility index (Phi) is 3.93. The van der Waals surface area contributed by atoms with Gasteiger partial charge in [0.15, 0.2) is 0 Å². The molecule has 0 fully saturated rings. The van der Waals surface area contributed by atoms with E-state index in [1.54, 1.807) is 37.3 Å². The summed E-state index contributed by atoms with van der Waals surface area (Å²) in [4.78, 5) is 11.0. The van der Waals surface area contributed by atoms with Gasteiger partial charge in [-0.15, -0.1) is 0 Å².